The van der Waals surface area contributed by atoms with Gasteiger partial charge in [0, 0.05) is 11.8 Å². The van der Waals surface area contributed by atoms with E-state index in [1.54, 1.807) is 20.8 Å². The van der Waals surface area contributed by atoms with Crippen LogP contribution in [0.1, 0.15) is 46.5 Å². The standard InChI is InChI=1S/C19H30N2O7S/c1-4-28-19(27)11(3)29-9-13(17(23)24)20-10(2)16(22)21-14-7-5-6-12(14)8-15(21)18(25)26/h10-15,20H,4-9H2,1-3H3,(H,23,24)(H,25,26)/t10-,11?,12-,13-,14?,15-/m0/s1. The lowest BCUT2D eigenvalue weighted by Gasteiger charge is -2.31. The fourth-order valence-electron chi connectivity index (χ4n) is 4.18. The Bertz CT molecular complexity index is 644. The van der Waals surface area contributed by atoms with Crippen LogP contribution in [0.5, 0.6) is 0 Å². The lowest BCUT2D eigenvalue weighted by Crippen LogP contribution is -2.55. The lowest BCUT2D eigenvalue weighted by molar-refractivity contribution is -0.151. The maximum atomic E-state index is 13.0. The molecule has 1 heterocycles. The first-order chi connectivity index (χ1) is 13.7. The fourth-order valence-corrected chi connectivity index (χ4v) is 5.11. The molecule has 0 aromatic carbocycles. The van der Waals surface area contributed by atoms with Crippen LogP contribution in [0.15, 0.2) is 0 Å². The maximum absolute atomic E-state index is 13.0. The molecule has 6 atom stereocenters. The molecular weight excluding hydrogens is 400 g/mol. The van der Waals surface area contributed by atoms with Gasteiger partial charge in [0.1, 0.15) is 12.1 Å². The molecule has 2 aliphatic rings. The van der Waals surface area contributed by atoms with Gasteiger partial charge in [0.2, 0.25) is 5.91 Å². The van der Waals surface area contributed by atoms with Gasteiger partial charge in [0.25, 0.3) is 0 Å². The first kappa shape index (κ1) is 23.5. The van der Waals surface area contributed by atoms with E-state index in [2.05, 4.69) is 5.32 Å². The predicted molar refractivity (Wildman–Crippen MR) is 107 cm³/mol. The van der Waals surface area contributed by atoms with Crippen LogP contribution in [-0.2, 0) is 23.9 Å². The van der Waals surface area contributed by atoms with E-state index in [0.717, 1.165) is 31.0 Å². The van der Waals surface area contributed by atoms with E-state index in [0.29, 0.717) is 6.42 Å². The van der Waals surface area contributed by atoms with Gasteiger partial charge in [-0.15, -0.1) is 11.8 Å². The SMILES string of the molecule is CCOC(=O)C(C)SC[C@H](N[C@@H](C)C(=O)N1C2CCC[C@H]2C[C@H]1C(=O)O)C(=O)O. The van der Waals surface area contributed by atoms with Crippen LogP contribution in [0.4, 0.5) is 0 Å². The first-order valence-electron chi connectivity index (χ1n) is 9.99. The van der Waals surface area contributed by atoms with Gasteiger partial charge in [-0.25, -0.2) is 4.79 Å². The lowest BCUT2D eigenvalue weighted by atomic mass is 10.0. The van der Waals surface area contributed by atoms with E-state index in [4.69, 9.17) is 4.74 Å². The number of fused-ring (bicyclic) bond motifs is 1. The summed E-state index contributed by atoms with van der Waals surface area (Å²) >= 11 is 1.13. The third-order valence-electron chi connectivity index (χ3n) is 5.63. The Morgan fingerprint density at radius 2 is 1.90 bits per heavy atom. The van der Waals surface area contributed by atoms with Gasteiger partial charge >= 0.3 is 17.9 Å². The molecule has 1 aliphatic carbocycles. The van der Waals surface area contributed by atoms with E-state index >= 15 is 0 Å². The largest absolute Gasteiger partial charge is 0.480 e. The van der Waals surface area contributed by atoms with E-state index in [1.165, 1.54) is 4.90 Å². The van der Waals surface area contributed by atoms with Crippen molar-refractivity contribution in [1.29, 1.82) is 0 Å². The molecule has 3 N–H and O–H groups in total. The van der Waals surface area contributed by atoms with Crippen molar-refractivity contribution in [1.82, 2.24) is 10.2 Å². The van der Waals surface area contributed by atoms with Crippen molar-refractivity contribution in [3.8, 4) is 0 Å². The zero-order valence-corrected chi connectivity index (χ0v) is 17.8. The van der Waals surface area contributed by atoms with Crippen molar-refractivity contribution in [2.24, 2.45) is 5.92 Å². The number of carbonyl (C=O) groups excluding carboxylic acids is 2. The number of hydrogen-bond acceptors (Lipinski definition) is 7. The zero-order valence-electron chi connectivity index (χ0n) is 17.0. The minimum Gasteiger partial charge on any atom is -0.480 e. The fraction of sp³-hybridized carbons (Fsp3) is 0.789. The molecule has 2 rings (SSSR count). The van der Waals surface area contributed by atoms with Gasteiger partial charge in [0.15, 0.2) is 0 Å². The van der Waals surface area contributed by atoms with Gasteiger partial charge in [-0.3, -0.25) is 19.7 Å². The van der Waals surface area contributed by atoms with Crippen molar-refractivity contribution in [2.45, 2.75) is 75.9 Å². The number of carboxylic acid groups (broad SMARTS) is 2. The third kappa shape index (κ3) is 5.63. The summed E-state index contributed by atoms with van der Waals surface area (Å²) in [6.07, 6.45) is 3.11. The Balaban J connectivity index is 2.00. The van der Waals surface area contributed by atoms with Crippen molar-refractivity contribution in [3.05, 3.63) is 0 Å². The highest BCUT2D eigenvalue weighted by molar-refractivity contribution is 8.00. The second-order valence-electron chi connectivity index (χ2n) is 7.60. The molecule has 1 aliphatic heterocycles. The van der Waals surface area contributed by atoms with Gasteiger partial charge < -0.3 is 19.8 Å². The molecule has 2 fully saturated rings. The zero-order chi connectivity index (χ0) is 21.7. The summed E-state index contributed by atoms with van der Waals surface area (Å²) in [4.78, 5) is 49.4. The van der Waals surface area contributed by atoms with E-state index in [-0.39, 0.29) is 30.2 Å². The number of aliphatic carboxylic acids is 2. The monoisotopic (exact) mass is 430 g/mol. The van der Waals surface area contributed by atoms with Crippen LogP contribution < -0.4 is 5.32 Å². The van der Waals surface area contributed by atoms with Crippen LogP contribution >= 0.6 is 11.8 Å². The average Bonchev–Trinajstić information content (AvgIpc) is 3.24. The number of likely N-dealkylation sites (tertiary alicyclic amines) is 1. The molecule has 9 nitrogen and oxygen atoms in total. The van der Waals surface area contributed by atoms with Crippen LogP contribution in [0, 0.1) is 5.92 Å². The summed E-state index contributed by atoms with van der Waals surface area (Å²) in [7, 11) is 0. The van der Waals surface area contributed by atoms with Crippen LogP contribution in [0.2, 0.25) is 0 Å². The summed E-state index contributed by atoms with van der Waals surface area (Å²) in [5.41, 5.74) is 0. The molecule has 0 radical (unpaired) electrons. The number of esters is 1. The highest BCUT2D eigenvalue weighted by Gasteiger charge is 2.49. The number of nitrogens with zero attached hydrogens (tertiary/aromatic N) is 1. The summed E-state index contributed by atoms with van der Waals surface area (Å²) < 4.78 is 4.91. The number of thioether (sulfide) groups is 1. The molecular formula is C19H30N2O7S. The van der Waals surface area contributed by atoms with Crippen LogP contribution in [-0.4, -0.2) is 80.7 Å². The normalized spacial score (nSPS) is 26.4. The van der Waals surface area contributed by atoms with Crippen LogP contribution in [0.3, 0.4) is 0 Å². The van der Waals surface area contributed by atoms with E-state index < -0.39 is 41.3 Å². The Morgan fingerprint density at radius 3 is 2.48 bits per heavy atom. The second-order valence-corrected chi connectivity index (χ2v) is 8.97. The first-order valence-corrected chi connectivity index (χ1v) is 11.0. The second kappa shape index (κ2) is 10.3. The van der Waals surface area contributed by atoms with Crippen molar-refractivity contribution < 1.29 is 34.1 Å². The molecule has 2 unspecified atom stereocenters. The minimum absolute atomic E-state index is 0.0708. The Hall–Kier alpha value is -1.81. The number of rotatable bonds is 10. The van der Waals surface area contributed by atoms with Gasteiger partial charge in [0.05, 0.1) is 17.9 Å². The number of carboxylic acids is 2. The molecule has 0 bridgehead atoms. The van der Waals surface area contributed by atoms with Gasteiger partial charge in [-0.05, 0) is 46.0 Å². The quantitative estimate of drug-likeness (QED) is 0.433. The van der Waals surface area contributed by atoms with Crippen molar-refractivity contribution in [3.63, 3.8) is 0 Å². The number of carbonyl (C=O) groups is 4. The average molecular weight is 431 g/mol. The summed E-state index contributed by atoms with van der Waals surface area (Å²) in [6, 6.07) is -2.85. The number of nitrogens with one attached hydrogen (secondary N) is 1. The van der Waals surface area contributed by atoms with E-state index in [1.807, 2.05) is 0 Å². The number of hydrogen-bond donors (Lipinski definition) is 3. The molecule has 164 valence electrons. The molecule has 0 aromatic heterocycles. The molecule has 0 aromatic rings. The van der Waals surface area contributed by atoms with E-state index in [9.17, 15) is 29.4 Å². The molecule has 29 heavy (non-hydrogen) atoms. The van der Waals surface area contributed by atoms with Crippen molar-refractivity contribution >= 4 is 35.6 Å². The highest BCUT2D eigenvalue weighted by atomic mass is 32.2. The topological polar surface area (TPSA) is 133 Å². The number of amides is 1. The predicted octanol–water partition coefficient (Wildman–Crippen LogP) is 0.957. The van der Waals surface area contributed by atoms with Crippen molar-refractivity contribution in [2.75, 3.05) is 12.4 Å². The maximum Gasteiger partial charge on any atom is 0.326 e. The summed E-state index contributed by atoms with van der Waals surface area (Å²) in [5, 5.41) is 21.3. The molecule has 1 saturated carbocycles. The van der Waals surface area contributed by atoms with Gasteiger partial charge in [-0.2, -0.15) is 0 Å². The molecule has 1 saturated heterocycles. The minimum atomic E-state index is -1.14. The number of ether oxygens (including phenoxy) is 1. The van der Waals surface area contributed by atoms with Gasteiger partial charge in [-0.1, -0.05) is 6.42 Å². The molecule has 0 spiro atoms. The third-order valence-corrected chi connectivity index (χ3v) is 6.85. The molecule has 10 heteroatoms. The smallest absolute Gasteiger partial charge is 0.326 e. The highest BCUT2D eigenvalue weighted by Crippen LogP contribution is 2.41. The Labute approximate surface area is 174 Å². The summed E-state index contributed by atoms with van der Waals surface area (Å²) in [6.45, 7) is 5.14. The van der Waals surface area contributed by atoms with Crippen LogP contribution in [0.25, 0.3) is 0 Å². The summed E-state index contributed by atoms with van der Waals surface area (Å²) in [5.74, 6) is -2.69. The molecule has 1 amide bonds. The Kier molecular flexibility index (Phi) is 8.33. The Morgan fingerprint density at radius 1 is 1.21 bits per heavy atom.